The van der Waals surface area contributed by atoms with E-state index in [1.165, 1.54) is 0 Å². The summed E-state index contributed by atoms with van der Waals surface area (Å²) in [6.07, 6.45) is -1.93. The molecule has 1 heterocycles. The fraction of sp³-hybridized carbons (Fsp3) is 0.889. The Bertz CT molecular complexity index is 503. The minimum absolute atomic E-state index is 0.201. The van der Waals surface area contributed by atoms with Crippen molar-refractivity contribution in [3.05, 3.63) is 0 Å². The van der Waals surface area contributed by atoms with Crippen LogP contribution in [-0.2, 0) is 19.1 Å². The van der Waals surface area contributed by atoms with Gasteiger partial charge in [0.2, 0.25) is 5.91 Å². The summed E-state index contributed by atoms with van der Waals surface area (Å²) >= 11 is 0. The Labute approximate surface area is 164 Å². The van der Waals surface area contributed by atoms with E-state index in [-0.39, 0.29) is 12.3 Å². The molecular weight excluding hydrogens is 374 g/mol. The van der Waals surface area contributed by atoms with Crippen LogP contribution >= 0.6 is 0 Å². The van der Waals surface area contributed by atoms with Crippen molar-refractivity contribution in [1.29, 1.82) is 0 Å². The van der Waals surface area contributed by atoms with Gasteiger partial charge in [-0.15, -0.1) is 0 Å². The van der Waals surface area contributed by atoms with Crippen molar-refractivity contribution in [2.45, 2.75) is 88.1 Å². The summed E-state index contributed by atoms with van der Waals surface area (Å²) in [7, 11) is 1.07. The first-order valence-electron chi connectivity index (χ1n) is 9.63. The second kappa shape index (κ2) is 11.6. The maximum absolute atomic E-state index is 12.2. The molecular formula is C18H33NO9. The monoisotopic (exact) mass is 407 g/mol. The number of carbonyl (C=O) groups excluding carboxylic acids is 1. The fourth-order valence-corrected chi connectivity index (χ4v) is 3.25. The predicted molar refractivity (Wildman–Crippen MR) is 97.3 cm³/mol. The van der Waals surface area contributed by atoms with Gasteiger partial charge in [-0.3, -0.25) is 4.79 Å². The van der Waals surface area contributed by atoms with Crippen LogP contribution in [0.4, 0.5) is 0 Å². The van der Waals surface area contributed by atoms with Gasteiger partial charge in [0.15, 0.2) is 0 Å². The highest BCUT2D eigenvalue weighted by molar-refractivity contribution is 5.77. The molecule has 1 amide bonds. The first-order chi connectivity index (χ1) is 13.2. The fourth-order valence-electron chi connectivity index (χ4n) is 3.25. The zero-order chi connectivity index (χ0) is 21.3. The molecule has 10 nitrogen and oxygen atoms in total. The standard InChI is InChI=1S/C18H33NO9/c1-3-4-5-6-7-8-13(23)19-14-11(21)9-18(27-2,17(25)26)28-16(14)15(24)12(22)10-20/h11-12,14-16,20-22,24H,3-10H2,1-2H3,(H,19,23)(H,25,26)/t11?,12-,14?,15-,16?,18?/m1/s1. The van der Waals surface area contributed by atoms with Gasteiger partial charge in [0.25, 0.3) is 5.79 Å². The normalized spacial score (nSPS) is 29.9. The highest BCUT2D eigenvalue weighted by Crippen LogP contribution is 2.33. The van der Waals surface area contributed by atoms with Crippen molar-refractivity contribution in [2.75, 3.05) is 13.7 Å². The SMILES string of the molecule is CCCCCCCC(=O)NC1C(O)CC(OC)(C(=O)O)OC1[C@H](O)[C@H](O)CO. The van der Waals surface area contributed by atoms with Gasteiger partial charge in [-0.2, -0.15) is 0 Å². The quantitative estimate of drug-likeness (QED) is 0.225. The largest absolute Gasteiger partial charge is 0.477 e. The van der Waals surface area contributed by atoms with Crippen molar-refractivity contribution in [2.24, 2.45) is 0 Å². The summed E-state index contributed by atoms with van der Waals surface area (Å²) < 4.78 is 10.3. The molecule has 28 heavy (non-hydrogen) atoms. The van der Waals surface area contributed by atoms with E-state index in [9.17, 15) is 30.0 Å². The van der Waals surface area contributed by atoms with Gasteiger partial charge in [-0.1, -0.05) is 32.6 Å². The Morgan fingerprint density at radius 1 is 1.25 bits per heavy atom. The van der Waals surface area contributed by atoms with Crippen LogP contribution in [0.3, 0.4) is 0 Å². The molecule has 1 fully saturated rings. The van der Waals surface area contributed by atoms with E-state index in [0.29, 0.717) is 6.42 Å². The summed E-state index contributed by atoms with van der Waals surface area (Å²) in [6, 6.07) is -1.18. The smallest absolute Gasteiger partial charge is 0.364 e. The maximum atomic E-state index is 12.2. The lowest BCUT2D eigenvalue weighted by Gasteiger charge is -2.46. The van der Waals surface area contributed by atoms with Crippen molar-refractivity contribution in [3.8, 4) is 0 Å². The Kier molecular flexibility index (Phi) is 10.3. The second-order valence-electron chi connectivity index (χ2n) is 7.11. The van der Waals surface area contributed by atoms with Gasteiger partial charge in [0, 0.05) is 20.0 Å². The van der Waals surface area contributed by atoms with Crippen LogP contribution < -0.4 is 5.32 Å². The number of methoxy groups -OCH3 is 1. The van der Waals surface area contributed by atoms with E-state index < -0.39 is 55.2 Å². The summed E-state index contributed by atoms with van der Waals surface area (Å²) in [4.78, 5) is 23.8. The molecule has 10 heteroatoms. The molecule has 6 N–H and O–H groups in total. The van der Waals surface area contributed by atoms with Gasteiger partial charge in [0.1, 0.15) is 18.3 Å². The summed E-state index contributed by atoms with van der Waals surface area (Å²) in [5.41, 5.74) is 0. The van der Waals surface area contributed by atoms with Crippen molar-refractivity contribution in [3.63, 3.8) is 0 Å². The van der Waals surface area contributed by atoms with Crippen LogP contribution in [0.1, 0.15) is 51.9 Å². The lowest BCUT2D eigenvalue weighted by Crippen LogP contribution is -2.67. The van der Waals surface area contributed by atoms with Crippen molar-refractivity contribution >= 4 is 11.9 Å². The number of unbranched alkanes of at least 4 members (excludes halogenated alkanes) is 4. The van der Waals surface area contributed by atoms with E-state index >= 15 is 0 Å². The van der Waals surface area contributed by atoms with Crippen LogP contribution in [0.15, 0.2) is 0 Å². The first-order valence-corrected chi connectivity index (χ1v) is 9.63. The minimum atomic E-state index is -2.25. The van der Waals surface area contributed by atoms with E-state index in [1.807, 2.05) is 0 Å². The number of ether oxygens (including phenoxy) is 2. The third-order valence-electron chi connectivity index (χ3n) is 4.98. The topological polar surface area (TPSA) is 166 Å². The molecule has 0 aromatic heterocycles. The summed E-state index contributed by atoms with van der Waals surface area (Å²) in [5, 5.41) is 51.6. The molecule has 6 atom stereocenters. The van der Waals surface area contributed by atoms with E-state index in [4.69, 9.17) is 14.6 Å². The molecule has 164 valence electrons. The summed E-state index contributed by atoms with van der Waals surface area (Å²) in [6.45, 7) is 1.27. The molecule has 1 rings (SSSR count). The molecule has 0 spiro atoms. The van der Waals surface area contributed by atoms with Gasteiger partial charge < -0.3 is 40.3 Å². The number of aliphatic hydroxyl groups is 4. The first kappa shape index (κ1) is 24.7. The lowest BCUT2D eigenvalue weighted by molar-refractivity contribution is -0.303. The third kappa shape index (κ3) is 6.36. The van der Waals surface area contributed by atoms with E-state index in [0.717, 1.165) is 32.8 Å². The number of carboxylic acids is 1. The number of carboxylic acid groups (broad SMARTS) is 1. The van der Waals surface area contributed by atoms with Crippen LogP contribution in [-0.4, -0.2) is 87.4 Å². The van der Waals surface area contributed by atoms with E-state index in [1.54, 1.807) is 0 Å². The zero-order valence-electron chi connectivity index (χ0n) is 16.4. The molecule has 0 saturated carbocycles. The number of hydrogen-bond acceptors (Lipinski definition) is 8. The zero-order valence-corrected chi connectivity index (χ0v) is 16.4. The Hall–Kier alpha value is -1.30. The molecule has 4 unspecified atom stereocenters. The minimum Gasteiger partial charge on any atom is -0.477 e. The molecule has 0 radical (unpaired) electrons. The van der Waals surface area contributed by atoms with Gasteiger partial charge in [-0.05, 0) is 6.42 Å². The predicted octanol–water partition coefficient (Wildman–Crippen LogP) is -0.877. The Morgan fingerprint density at radius 2 is 1.89 bits per heavy atom. The lowest BCUT2D eigenvalue weighted by atomic mass is 9.88. The van der Waals surface area contributed by atoms with Gasteiger partial charge in [-0.25, -0.2) is 4.79 Å². The van der Waals surface area contributed by atoms with Crippen molar-refractivity contribution < 1.29 is 44.6 Å². The molecule has 1 saturated heterocycles. The second-order valence-corrected chi connectivity index (χ2v) is 7.11. The highest BCUT2D eigenvalue weighted by Gasteiger charge is 2.55. The van der Waals surface area contributed by atoms with Gasteiger partial charge in [0.05, 0.1) is 18.8 Å². The van der Waals surface area contributed by atoms with Crippen LogP contribution in [0.25, 0.3) is 0 Å². The average Bonchev–Trinajstić information content (AvgIpc) is 2.67. The van der Waals surface area contributed by atoms with E-state index in [2.05, 4.69) is 12.2 Å². The Morgan fingerprint density at radius 3 is 2.43 bits per heavy atom. The number of carbonyl (C=O) groups is 2. The highest BCUT2D eigenvalue weighted by atomic mass is 16.7. The number of nitrogens with one attached hydrogen (secondary N) is 1. The number of hydrogen-bond donors (Lipinski definition) is 6. The van der Waals surface area contributed by atoms with Gasteiger partial charge >= 0.3 is 5.97 Å². The van der Waals surface area contributed by atoms with Crippen LogP contribution in [0.2, 0.25) is 0 Å². The molecule has 0 aliphatic carbocycles. The third-order valence-corrected chi connectivity index (χ3v) is 4.98. The van der Waals surface area contributed by atoms with Crippen LogP contribution in [0.5, 0.6) is 0 Å². The summed E-state index contributed by atoms with van der Waals surface area (Å²) in [5.74, 6) is -4.16. The molecule has 0 aromatic rings. The number of amides is 1. The Balaban J connectivity index is 2.88. The molecule has 0 bridgehead atoms. The maximum Gasteiger partial charge on any atom is 0.364 e. The number of aliphatic hydroxyl groups excluding tert-OH is 4. The molecule has 1 aliphatic rings. The molecule has 1 aliphatic heterocycles. The number of rotatable bonds is 12. The van der Waals surface area contributed by atoms with Crippen LogP contribution in [0, 0.1) is 0 Å². The number of aliphatic carboxylic acids is 1. The average molecular weight is 407 g/mol. The van der Waals surface area contributed by atoms with Crippen molar-refractivity contribution in [1.82, 2.24) is 5.32 Å². The molecule has 0 aromatic carbocycles.